The molecule has 0 aliphatic carbocycles. The minimum absolute atomic E-state index is 0.0508. The number of carbonyl (C=O) groups excluding carboxylic acids is 1. The highest BCUT2D eigenvalue weighted by Gasteiger charge is 2.06. The first-order valence-electron chi connectivity index (χ1n) is 4.94. The van der Waals surface area contributed by atoms with E-state index in [1.165, 1.54) is 24.2 Å². The van der Waals surface area contributed by atoms with Gasteiger partial charge in [-0.05, 0) is 6.42 Å². The van der Waals surface area contributed by atoms with Crippen molar-refractivity contribution in [3.8, 4) is 0 Å². The van der Waals surface area contributed by atoms with Crippen molar-refractivity contribution in [3.63, 3.8) is 0 Å². The van der Waals surface area contributed by atoms with Crippen LogP contribution in [0.15, 0.2) is 0 Å². The first-order valence-corrected chi connectivity index (χ1v) is 6.29. The van der Waals surface area contributed by atoms with Crippen molar-refractivity contribution in [2.24, 2.45) is 0 Å². The van der Waals surface area contributed by atoms with Gasteiger partial charge in [-0.15, -0.1) is 21.8 Å². The Morgan fingerprint density at radius 1 is 1.47 bits per heavy atom. The number of hydrogen-bond donors (Lipinski definition) is 1. The summed E-state index contributed by atoms with van der Waals surface area (Å²) in [4.78, 5) is 10.9. The van der Waals surface area contributed by atoms with E-state index in [0.29, 0.717) is 5.13 Å². The molecule has 0 saturated heterocycles. The third kappa shape index (κ3) is 4.57. The molecule has 1 aromatic rings. The van der Waals surface area contributed by atoms with Crippen LogP contribution in [0.25, 0.3) is 0 Å². The van der Waals surface area contributed by atoms with Gasteiger partial charge >= 0.3 is 0 Å². The maximum absolute atomic E-state index is 10.9. The van der Waals surface area contributed by atoms with Gasteiger partial charge in [0.1, 0.15) is 10.9 Å². The number of nitrogens with zero attached hydrogens (tertiary/aromatic N) is 2. The van der Waals surface area contributed by atoms with Crippen LogP contribution < -0.4 is 5.32 Å². The largest absolute Gasteiger partial charge is 0.299 e. The van der Waals surface area contributed by atoms with Crippen molar-refractivity contribution in [3.05, 3.63) is 5.01 Å². The number of nitrogens with one attached hydrogen (secondary N) is 1. The van der Waals surface area contributed by atoms with Gasteiger partial charge in [0, 0.05) is 6.42 Å². The molecule has 1 aromatic heterocycles. The number of alkyl halides is 1. The van der Waals surface area contributed by atoms with Crippen LogP contribution in [0, 0.1) is 0 Å². The van der Waals surface area contributed by atoms with E-state index >= 15 is 0 Å². The van der Waals surface area contributed by atoms with Crippen LogP contribution in [0.1, 0.15) is 31.2 Å². The number of unbranched alkanes of at least 4 members (excludes halogenated alkanes) is 2. The Balaban J connectivity index is 2.38. The second-order valence-electron chi connectivity index (χ2n) is 3.14. The van der Waals surface area contributed by atoms with Gasteiger partial charge in [-0.1, -0.05) is 31.1 Å². The van der Waals surface area contributed by atoms with Gasteiger partial charge in [0.15, 0.2) is 0 Å². The molecule has 1 heterocycles. The Kier molecular flexibility index (Phi) is 5.57. The monoisotopic (exact) mass is 247 g/mol. The van der Waals surface area contributed by atoms with E-state index in [-0.39, 0.29) is 11.8 Å². The van der Waals surface area contributed by atoms with E-state index in [4.69, 9.17) is 11.6 Å². The molecule has 0 aliphatic rings. The third-order valence-electron chi connectivity index (χ3n) is 1.83. The number of aryl methyl sites for hydroxylation is 1. The average Bonchev–Trinajstić information content (AvgIpc) is 2.66. The molecule has 4 nitrogen and oxygen atoms in total. The zero-order chi connectivity index (χ0) is 11.1. The number of amides is 1. The summed E-state index contributed by atoms with van der Waals surface area (Å²) >= 11 is 6.77. The van der Waals surface area contributed by atoms with Gasteiger partial charge in [0.2, 0.25) is 11.0 Å². The molecule has 0 unspecified atom stereocenters. The van der Waals surface area contributed by atoms with Gasteiger partial charge < -0.3 is 0 Å². The number of carbonyl (C=O) groups is 1. The standard InChI is InChI=1S/C9H14ClN3OS/c1-2-3-4-5-8-12-13-9(15-8)11-7(14)6-10/h2-6H2,1H3,(H,11,13,14). The molecule has 0 radical (unpaired) electrons. The molecule has 0 fully saturated rings. The molecule has 1 N–H and O–H groups in total. The second-order valence-corrected chi connectivity index (χ2v) is 4.47. The molecule has 1 rings (SSSR count). The summed E-state index contributed by atoms with van der Waals surface area (Å²) < 4.78 is 0. The first kappa shape index (κ1) is 12.4. The maximum atomic E-state index is 10.9. The van der Waals surface area contributed by atoms with Crippen molar-refractivity contribution >= 4 is 34.0 Å². The number of anilines is 1. The fourth-order valence-corrected chi connectivity index (χ4v) is 1.95. The number of hydrogen-bond acceptors (Lipinski definition) is 4. The molecule has 0 aromatic carbocycles. The van der Waals surface area contributed by atoms with Crippen molar-refractivity contribution in [1.29, 1.82) is 0 Å². The first-order chi connectivity index (χ1) is 7.26. The van der Waals surface area contributed by atoms with Crippen LogP contribution in [-0.2, 0) is 11.2 Å². The van der Waals surface area contributed by atoms with Gasteiger partial charge in [-0.3, -0.25) is 10.1 Å². The van der Waals surface area contributed by atoms with E-state index in [0.717, 1.165) is 17.8 Å². The summed E-state index contributed by atoms with van der Waals surface area (Å²) in [5, 5.41) is 11.9. The molecule has 84 valence electrons. The summed E-state index contributed by atoms with van der Waals surface area (Å²) in [6.45, 7) is 2.16. The molecule has 6 heteroatoms. The highest BCUT2D eigenvalue weighted by Crippen LogP contribution is 2.17. The van der Waals surface area contributed by atoms with E-state index in [2.05, 4.69) is 22.4 Å². The van der Waals surface area contributed by atoms with Crippen LogP contribution in [-0.4, -0.2) is 22.0 Å². The fraction of sp³-hybridized carbons (Fsp3) is 0.667. The Labute approximate surface area is 98.0 Å². The Morgan fingerprint density at radius 2 is 2.27 bits per heavy atom. The van der Waals surface area contributed by atoms with Crippen LogP contribution >= 0.6 is 22.9 Å². The highest BCUT2D eigenvalue weighted by molar-refractivity contribution is 7.15. The quantitative estimate of drug-likeness (QED) is 0.621. The molecular weight excluding hydrogens is 234 g/mol. The van der Waals surface area contributed by atoms with Crippen LogP contribution in [0.4, 0.5) is 5.13 Å². The molecule has 0 aliphatic heterocycles. The summed E-state index contributed by atoms with van der Waals surface area (Å²) in [7, 11) is 0. The normalized spacial score (nSPS) is 10.3. The summed E-state index contributed by atoms with van der Waals surface area (Å²) in [5.41, 5.74) is 0. The summed E-state index contributed by atoms with van der Waals surface area (Å²) in [6, 6.07) is 0. The van der Waals surface area contributed by atoms with E-state index < -0.39 is 0 Å². The van der Waals surface area contributed by atoms with Crippen molar-refractivity contribution in [2.75, 3.05) is 11.2 Å². The smallest absolute Gasteiger partial charge is 0.241 e. The van der Waals surface area contributed by atoms with E-state index in [1.54, 1.807) is 0 Å². The maximum Gasteiger partial charge on any atom is 0.241 e. The van der Waals surface area contributed by atoms with E-state index in [9.17, 15) is 4.79 Å². The molecule has 0 saturated carbocycles. The van der Waals surface area contributed by atoms with Gasteiger partial charge in [-0.25, -0.2) is 0 Å². The summed E-state index contributed by atoms with van der Waals surface area (Å²) in [6.07, 6.45) is 4.44. The molecular formula is C9H14ClN3OS. The SMILES string of the molecule is CCCCCc1nnc(NC(=O)CCl)s1. The van der Waals surface area contributed by atoms with Gasteiger partial charge in [0.25, 0.3) is 0 Å². The topological polar surface area (TPSA) is 54.9 Å². The Hall–Kier alpha value is -0.680. The Bertz CT molecular complexity index is 316. The van der Waals surface area contributed by atoms with Gasteiger partial charge in [-0.2, -0.15) is 0 Å². The lowest BCUT2D eigenvalue weighted by atomic mass is 10.2. The number of aromatic nitrogens is 2. The van der Waals surface area contributed by atoms with Crippen molar-refractivity contribution in [2.45, 2.75) is 32.6 Å². The minimum Gasteiger partial charge on any atom is -0.299 e. The molecule has 15 heavy (non-hydrogen) atoms. The van der Waals surface area contributed by atoms with Gasteiger partial charge in [0.05, 0.1) is 0 Å². The third-order valence-corrected chi connectivity index (χ3v) is 2.97. The van der Waals surface area contributed by atoms with Crippen LogP contribution in [0.5, 0.6) is 0 Å². The highest BCUT2D eigenvalue weighted by atomic mass is 35.5. The molecule has 0 spiro atoms. The lowest BCUT2D eigenvalue weighted by Gasteiger charge is -1.94. The number of rotatable bonds is 6. The lowest BCUT2D eigenvalue weighted by molar-refractivity contribution is -0.113. The molecule has 0 atom stereocenters. The lowest BCUT2D eigenvalue weighted by Crippen LogP contribution is -2.12. The van der Waals surface area contributed by atoms with Crippen molar-refractivity contribution < 1.29 is 4.79 Å². The summed E-state index contributed by atoms with van der Waals surface area (Å²) in [5.74, 6) is -0.294. The van der Waals surface area contributed by atoms with Crippen molar-refractivity contribution in [1.82, 2.24) is 10.2 Å². The Morgan fingerprint density at radius 3 is 2.93 bits per heavy atom. The fourth-order valence-electron chi connectivity index (χ4n) is 1.08. The second kappa shape index (κ2) is 6.74. The predicted octanol–water partition coefficient (Wildman–Crippen LogP) is 2.45. The zero-order valence-electron chi connectivity index (χ0n) is 8.62. The zero-order valence-corrected chi connectivity index (χ0v) is 10.2. The number of halogens is 1. The molecule has 0 bridgehead atoms. The van der Waals surface area contributed by atoms with Crippen LogP contribution in [0.3, 0.4) is 0 Å². The average molecular weight is 248 g/mol. The van der Waals surface area contributed by atoms with E-state index in [1.807, 2.05) is 0 Å². The van der Waals surface area contributed by atoms with Crippen LogP contribution in [0.2, 0.25) is 0 Å². The molecule has 1 amide bonds. The minimum atomic E-state index is -0.243. The predicted molar refractivity (Wildman–Crippen MR) is 62.5 cm³/mol.